The van der Waals surface area contributed by atoms with Crippen LogP contribution in [0.4, 0.5) is 4.39 Å². The van der Waals surface area contributed by atoms with Gasteiger partial charge in [-0.1, -0.05) is 36.2 Å². The number of rotatable bonds is 3. The average molecular weight is 418 g/mol. The fraction of sp³-hybridized carbons (Fsp3) is 0.316. The van der Waals surface area contributed by atoms with Crippen molar-refractivity contribution in [3.05, 3.63) is 57.8 Å². The standard InChI is InChI=1S/C19H19Cl2FN2O.ClH/c1-19(10-23)6-7-24(11-19)18(25)14-4-3-13(22)9-15(14)12-2-5-16(20)17(21)8-12;/h2-5,8-9H,6-7,10-11,23H2,1H3;1H. The Hall–Kier alpha value is -1.33. The SMILES string of the molecule is CC1(CN)CCN(C(=O)c2ccc(F)cc2-c2ccc(Cl)c(Cl)c2)C1.Cl. The van der Waals surface area contributed by atoms with Gasteiger partial charge in [0.15, 0.2) is 0 Å². The molecule has 2 aromatic carbocycles. The van der Waals surface area contributed by atoms with Gasteiger partial charge in [-0.2, -0.15) is 0 Å². The highest BCUT2D eigenvalue weighted by Gasteiger charge is 2.35. The minimum absolute atomic E-state index is 0. The largest absolute Gasteiger partial charge is 0.338 e. The van der Waals surface area contributed by atoms with Crippen molar-refractivity contribution in [1.29, 1.82) is 0 Å². The fourth-order valence-electron chi connectivity index (χ4n) is 3.14. The normalized spacial score (nSPS) is 19.3. The van der Waals surface area contributed by atoms with Crippen LogP contribution in [0, 0.1) is 11.2 Å². The van der Waals surface area contributed by atoms with Gasteiger partial charge in [0.25, 0.3) is 5.91 Å². The molecule has 1 unspecified atom stereocenters. The third-order valence-corrected chi connectivity index (χ3v) is 5.52. The lowest BCUT2D eigenvalue weighted by Crippen LogP contribution is -2.34. The van der Waals surface area contributed by atoms with Gasteiger partial charge in [0.05, 0.1) is 10.0 Å². The molecule has 1 atom stereocenters. The summed E-state index contributed by atoms with van der Waals surface area (Å²) in [6.45, 7) is 3.84. The first kappa shape index (κ1) is 21.0. The van der Waals surface area contributed by atoms with E-state index in [2.05, 4.69) is 6.92 Å². The van der Waals surface area contributed by atoms with Crippen LogP contribution < -0.4 is 5.73 Å². The molecule has 2 N–H and O–H groups in total. The Labute approximate surface area is 168 Å². The lowest BCUT2D eigenvalue weighted by molar-refractivity contribution is 0.0777. The monoisotopic (exact) mass is 416 g/mol. The number of amides is 1. The average Bonchev–Trinajstić information content (AvgIpc) is 3.00. The zero-order chi connectivity index (χ0) is 18.2. The minimum Gasteiger partial charge on any atom is -0.338 e. The quantitative estimate of drug-likeness (QED) is 0.761. The number of hydrogen-bond donors (Lipinski definition) is 1. The summed E-state index contributed by atoms with van der Waals surface area (Å²) in [4.78, 5) is 14.8. The van der Waals surface area contributed by atoms with Crippen LogP contribution in [0.5, 0.6) is 0 Å². The molecular formula is C19H20Cl3FN2O. The van der Waals surface area contributed by atoms with Crippen molar-refractivity contribution in [2.75, 3.05) is 19.6 Å². The number of carbonyl (C=O) groups excluding carboxylic acids is 1. The molecule has 0 aliphatic carbocycles. The number of hydrogen-bond acceptors (Lipinski definition) is 2. The number of halogens is 4. The summed E-state index contributed by atoms with van der Waals surface area (Å²) < 4.78 is 13.8. The molecule has 1 amide bonds. The van der Waals surface area contributed by atoms with E-state index in [1.165, 1.54) is 18.2 Å². The van der Waals surface area contributed by atoms with Gasteiger partial charge in [0, 0.05) is 18.7 Å². The van der Waals surface area contributed by atoms with Crippen LogP contribution in [-0.2, 0) is 0 Å². The van der Waals surface area contributed by atoms with Gasteiger partial charge in [0.2, 0.25) is 0 Å². The molecule has 0 radical (unpaired) electrons. The van der Waals surface area contributed by atoms with Crippen LogP contribution in [0.3, 0.4) is 0 Å². The molecule has 3 rings (SSSR count). The summed E-state index contributed by atoms with van der Waals surface area (Å²) in [5.74, 6) is -0.538. The Bertz CT molecular complexity index is 830. The number of benzene rings is 2. The van der Waals surface area contributed by atoms with Crippen molar-refractivity contribution in [2.24, 2.45) is 11.1 Å². The van der Waals surface area contributed by atoms with E-state index >= 15 is 0 Å². The van der Waals surface area contributed by atoms with Gasteiger partial charge in [-0.25, -0.2) is 4.39 Å². The highest BCUT2D eigenvalue weighted by atomic mass is 35.5. The van der Waals surface area contributed by atoms with E-state index in [1.54, 1.807) is 23.1 Å². The van der Waals surface area contributed by atoms with Crippen molar-refractivity contribution in [1.82, 2.24) is 4.90 Å². The Morgan fingerprint density at radius 2 is 1.96 bits per heavy atom. The summed E-state index contributed by atoms with van der Waals surface area (Å²) in [5.41, 5.74) is 7.36. The first-order valence-electron chi connectivity index (χ1n) is 8.07. The third-order valence-electron chi connectivity index (χ3n) is 4.78. The van der Waals surface area contributed by atoms with E-state index in [9.17, 15) is 9.18 Å². The highest BCUT2D eigenvalue weighted by Crippen LogP contribution is 2.34. The van der Waals surface area contributed by atoms with Crippen molar-refractivity contribution >= 4 is 41.5 Å². The molecule has 1 aliphatic heterocycles. The van der Waals surface area contributed by atoms with E-state index in [0.717, 1.165) is 6.42 Å². The molecule has 1 aliphatic rings. The summed E-state index contributed by atoms with van der Waals surface area (Å²) in [6, 6.07) is 9.18. The smallest absolute Gasteiger partial charge is 0.254 e. The van der Waals surface area contributed by atoms with Gasteiger partial charge in [-0.3, -0.25) is 4.79 Å². The van der Waals surface area contributed by atoms with Gasteiger partial charge in [-0.05, 0) is 59.8 Å². The van der Waals surface area contributed by atoms with Crippen LogP contribution in [0.25, 0.3) is 11.1 Å². The van der Waals surface area contributed by atoms with E-state index in [-0.39, 0.29) is 23.7 Å². The van der Waals surface area contributed by atoms with Crippen molar-refractivity contribution in [3.8, 4) is 11.1 Å². The topological polar surface area (TPSA) is 46.3 Å². The number of nitrogens with two attached hydrogens (primary N) is 1. The first-order valence-corrected chi connectivity index (χ1v) is 8.83. The molecule has 1 saturated heterocycles. The van der Waals surface area contributed by atoms with Crippen LogP contribution in [-0.4, -0.2) is 30.4 Å². The molecule has 3 nitrogen and oxygen atoms in total. The predicted molar refractivity (Wildman–Crippen MR) is 107 cm³/mol. The Kier molecular flexibility index (Phi) is 6.56. The molecule has 1 fully saturated rings. The Morgan fingerprint density at radius 3 is 2.58 bits per heavy atom. The van der Waals surface area contributed by atoms with E-state index < -0.39 is 5.82 Å². The maximum Gasteiger partial charge on any atom is 0.254 e. The summed E-state index contributed by atoms with van der Waals surface area (Å²) in [6.07, 6.45) is 0.860. The third kappa shape index (κ3) is 4.15. The summed E-state index contributed by atoms with van der Waals surface area (Å²) in [7, 11) is 0. The van der Waals surface area contributed by atoms with Gasteiger partial charge < -0.3 is 10.6 Å². The zero-order valence-electron chi connectivity index (χ0n) is 14.3. The van der Waals surface area contributed by atoms with Crippen molar-refractivity contribution in [2.45, 2.75) is 13.3 Å². The molecule has 0 saturated carbocycles. The van der Waals surface area contributed by atoms with Crippen LogP contribution >= 0.6 is 35.6 Å². The molecule has 140 valence electrons. The molecule has 0 spiro atoms. The Balaban J connectivity index is 0.00000243. The van der Waals surface area contributed by atoms with Crippen LogP contribution in [0.15, 0.2) is 36.4 Å². The molecule has 0 bridgehead atoms. The van der Waals surface area contributed by atoms with E-state index in [1.807, 2.05) is 0 Å². The molecule has 7 heteroatoms. The van der Waals surface area contributed by atoms with E-state index in [0.29, 0.717) is 46.4 Å². The second kappa shape index (κ2) is 8.13. The Morgan fingerprint density at radius 1 is 1.23 bits per heavy atom. The van der Waals surface area contributed by atoms with E-state index in [4.69, 9.17) is 28.9 Å². The zero-order valence-corrected chi connectivity index (χ0v) is 16.6. The second-order valence-corrected chi connectivity index (χ2v) is 7.62. The fourth-order valence-corrected chi connectivity index (χ4v) is 3.44. The number of carbonyl (C=O) groups is 1. The maximum absolute atomic E-state index is 13.8. The highest BCUT2D eigenvalue weighted by molar-refractivity contribution is 6.42. The first-order chi connectivity index (χ1) is 11.8. The molecule has 26 heavy (non-hydrogen) atoms. The van der Waals surface area contributed by atoms with Crippen molar-refractivity contribution in [3.63, 3.8) is 0 Å². The molecule has 0 aromatic heterocycles. The van der Waals surface area contributed by atoms with Gasteiger partial charge >= 0.3 is 0 Å². The lowest BCUT2D eigenvalue weighted by atomic mass is 9.90. The van der Waals surface area contributed by atoms with Crippen molar-refractivity contribution < 1.29 is 9.18 Å². The lowest BCUT2D eigenvalue weighted by Gasteiger charge is -2.23. The minimum atomic E-state index is -0.411. The maximum atomic E-state index is 13.8. The van der Waals surface area contributed by atoms with Crippen LogP contribution in [0.1, 0.15) is 23.7 Å². The summed E-state index contributed by atoms with van der Waals surface area (Å²) in [5, 5.41) is 0.770. The van der Waals surface area contributed by atoms with Gasteiger partial charge in [0.1, 0.15) is 5.82 Å². The molecule has 2 aromatic rings. The number of nitrogens with zero attached hydrogens (tertiary/aromatic N) is 1. The molecule has 1 heterocycles. The van der Waals surface area contributed by atoms with Gasteiger partial charge in [-0.15, -0.1) is 12.4 Å². The number of likely N-dealkylation sites (tertiary alicyclic amines) is 1. The predicted octanol–water partition coefficient (Wildman–Crippen LogP) is 5.03. The van der Waals surface area contributed by atoms with Crippen LogP contribution in [0.2, 0.25) is 10.0 Å². The molecular weight excluding hydrogens is 398 g/mol. The summed E-state index contributed by atoms with van der Waals surface area (Å²) >= 11 is 12.0. The second-order valence-electron chi connectivity index (χ2n) is 6.81.